The Labute approximate surface area is 176 Å². The normalized spacial score (nSPS) is 26.0. The highest BCUT2D eigenvalue weighted by molar-refractivity contribution is 8.02. The maximum absolute atomic E-state index is 12.8. The second kappa shape index (κ2) is 10.1. The highest BCUT2D eigenvalue weighted by Gasteiger charge is 2.42. The van der Waals surface area contributed by atoms with Gasteiger partial charge in [-0.05, 0) is 61.5 Å². The van der Waals surface area contributed by atoms with E-state index in [1.54, 1.807) is 19.2 Å². The topological polar surface area (TPSA) is 76.7 Å². The molecule has 1 atom stereocenters. The number of benzene rings is 1. The van der Waals surface area contributed by atoms with Crippen molar-refractivity contribution in [3.63, 3.8) is 0 Å². The van der Waals surface area contributed by atoms with Crippen molar-refractivity contribution in [1.82, 2.24) is 10.6 Å². The quantitative estimate of drug-likeness (QED) is 0.701. The number of nitrogens with one attached hydrogen (secondary N) is 2. The van der Waals surface area contributed by atoms with Gasteiger partial charge in [-0.3, -0.25) is 4.79 Å². The lowest BCUT2D eigenvalue weighted by Gasteiger charge is -2.43. The number of thioether (sulfide) groups is 1. The van der Waals surface area contributed by atoms with Crippen molar-refractivity contribution in [1.29, 1.82) is 0 Å². The summed E-state index contributed by atoms with van der Waals surface area (Å²) in [6, 6.07) is 7.27. The van der Waals surface area contributed by atoms with Gasteiger partial charge in [-0.1, -0.05) is 18.2 Å². The summed E-state index contributed by atoms with van der Waals surface area (Å²) in [6.45, 7) is 3.05. The Kier molecular flexibility index (Phi) is 7.47. The molecular formula is C22H30N2O4S. The zero-order valence-electron chi connectivity index (χ0n) is 17.1. The van der Waals surface area contributed by atoms with Crippen molar-refractivity contribution in [3.8, 4) is 5.75 Å². The standard InChI is InChI=1S/C22H30N2O4S/c1-3-23-21(26)28-17-8-11-22(12-9-17,16-10-13-29-14-16)15-24-20(25)18-6-4-5-7-19(18)27-2/h4-7,10,13,16-17H,3,8-9,11-12,14-15H2,1-2H3,(H,23,26)(H,24,25)/t16?,17-,22+. The number of amides is 2. The van der Waals surface area contributed by atoms with Gasteiger partial charge in [0, 0.05) is 18.8 Å². The molecule has 0 spiro atoms. The van der Waals surface area contributed by atoms with E-state index in [1.165, 1.54) is 0 Å². The Balaban J connectivity index is 1.65. The predicted molar refractivity (Wildman–Crippen MR) is 115 cm³/mol. The summed E-state index contributed by atoms with van der Waals surface area (Å²) in [7, 11) is 1.57. The molecule has 0 radical (unpaired) electrons. The third-order valence-electron chi connectivity index (χ3n) is 5.95. The Hall–Kier alpha value is -2.15. The van der Waals surface area contributed by atoms with Gasteiger partial charge in [-0.15, -0.1) is 11.8 Å². The molecule has 1 aliphatic carbocycles. The number of rotatable bonds is 7. The van der Waals surface area contributed by atoms with E-state index in [1.807, 2.05) is 30.8 Å². The van der Waals surface area contributed by atoms with Gasteiger partial charge in [-0.25, -0.2) is 4.79 Å². The molecular weight excluding hydrogens is 388 g/mol. The molecule has 1 fully saturated rings. The third kappa shape index (κ3) is 5.26. The van der Waals surface area contributed by atoms with E-state index in [0.29, 0.717) is 30.3 Å². The van der Waals surface area contributed by atoms with Crippen LogP contribution in [0.4, 0.5) is 4.79 Å². The molecule has 2 aliphatic rings. The van der Waals surface area contributed by atoms with Crippen LogP contribution >= 0.6 is 11.8 Å². The zero-order valence-corrected chi connectivity index (χ0v) is 17.9. The Morgan fingerprint density at radius 3 is 2.62 bits per heavy atom. The number of carbonyl (C=O) groups excluding carboxylic acids is 2. The van der Waals surface area contributed by atoms with Gasteiger partial charge >= 0.3 is 6.09 Å². The maximum atomic E-state index is 12.8. The van der Waals surface area contributed by atoms with E-state index < -0.39 is 0 Å². The summed E-state index contributed by atoms with van der Waals surface area (Å²) in [5, 5.41) is 8.01. The van der Waals surface area contributed by atoms with E-state index in [2.05, 4.69) is 22.1 Å². The molecule has 1 aromatic rings. The second-order valence-electron chi connectivity index (χ2n) is 7.65. The molecule has 3 rings (SSSR count). The molecule has 2 N–H and O–H groups in total. The Morgan fingerprint density at radius 2 is 1.97 bits per heavy atom. The first-order valence-corrected chi connectivity index (χ1v) is 11.3. The summed E-state index contributed by atoms with van der Waals surface area (Å²) in [6.07, 6.45) is 5.33. The predicted octanol–water partition coefficient (Wildman–Crippen LogP) is 3.98. The Morgan fingerprint density at radius 1 is 1.21 bits per heavy atom. The highest BCUT2D eigenvalue weighted by Crippen LogP contribution is 2.47. The van der Waals surface area contributed by atoms with Gasteiger partial charge in [0.2, 0.25) is 0 Å². The van der Waals surface area contributed by atoms with Crippen LogP contribution < -0.4 is 15.4 Å². The number of hydrogen-bond donors (Lipinski definition) is 2. The number of allylic oxidation sites excluding steroid dienone is 1. The fourth-order valence-corrected chi connectivity index (χ4v) is 5.31. The number of hydrogen-bond acceptors (Lipinski definition) is 5. The largest absolute Gasteiger partial charge is 0.496 e. The minimum absolute atomic E-state index is 0.0151. The fraction of sp³-hybridized carbons (Fsp3) is 0.545. The smallest absolute Gasteiger partial charge is 0.407 e. The van der Waals surface area contributed by atoms with Crippen LogP contribution in [0.2, 0.25) is 0 Å². The summed E-state index contributed by atoms with van der Waals surface area (Å²) in [4.78, 5) is 24.6. The molecule has 1 aliphatic heterocycles. The molecule has 0 saturated heterocycles. The molecule has 1 aromatic carbocycles. The van der Waals surface area contributed by atoms with Gasteiger partial charge in [0.1, 0.15) is 11.9 Å². The van der Waals surface area contributed by atoms with E-state index in [9.17, 15) is 9.59 Å². The minimum Gasteiger partial charge on any atom is -0.496 e. The lowest BCUT2D eigenvalue weighted by Crippen LogP contribution is -2.46. The molecule has 1 heterocycles. The van der Waals surface area contributed by atoms with Crippen molar-refractivity contribution in [2.75, 3.05) is 26.0 Å². The van der Waals surface area contributed by atoms with Gasteiger partial charge in [0.25, 0.3) is 5.91 Å². The highest BCUT2D eigenvalue weighted by atomic mass is 32.2. The van der Waals surface area contributed by atoms with Crippen molar-refractivity contribution >= 4 is 23.8 Å². The maximum Gasteiger partial charge on any atom is 0.407 e. The third-order valence-corrected chi connectivity index (χ3v) is 6.85. The lowest BCUT2D eigenvalue weighted by molar-refractivity contribution is 0.0250. The molecule has 6 nitrogen and oxygen atoms in total. The van der Waals surface area contributed by atoms with Crippen molar-refractivity contribution in [3.05, 3.63) is 41.3 Å². The average molecular weight is 419 g/mol. The lowest BCUT2D eigenvalue weighted by atomic mass is 9.65. The van der Waals surface area contributed by atoms with Gasteiger partial charge < -0.3 is 20.1 Å². The fourth-order valence-electron chi connectivity index (χ4n) is 4.23. The number of para-hydroxylation sites is 1. The monoisotopic (exact) mass is 418 g/mol. The summed E-state index contributed by atoms with van der Waals surface area (Å²) in [5.74, 6) is 1.91. The first kappa shape index (κ1) is 21.6. The van der Waals surface area contributed by atoms with Crippen LogP contribution in [-0.2, 0) is 4.74 Å². The van der Waals surface area contributed by atoms with Crippen LogP contribution in [0, 0.1) is 11.3 Å². The number of alkyl carbamates (subject to hydrolysis) is 1. The molecule has 29 heavy (non-hydrogen) atoms. The molecule has 0 bridgehead atoms. The number of ether oxygens (including phenoxy) is 2. The van der Waals surface area contributed by atoms with Crippen LogP contribution in [0.3, 0.4) is 0 Å². The molecule has 158 valence electrons. The van der Waals surface area contributed by atoms with Crippen molar-refractivity contribution in [2.24, 2.45) is 11.3 Å². The van der Waals surface area contributed by atoms with Crippen LogP contribution in [0.1, 0.15) is 43.0 Å². The minimum atomic E-state index is -0.342. The summed E-state index contributed by atoms with van der Waals surface area (Å²) in [5.41, 5.74) is 0.536. The Bertz CT molecular complexity index is 744. The van der Waals surface area contributed by atoms with Gasteiger partial charge in [0.15, 0.2) is 0 Å². The van der Waals surface area contributed by atoms with E-state index in [0.717, 1.165) is 31.4 Å². The average Bonchev–Trinajstić information content (AvgIpc) is 3.29. The van der Waals surface area contributed by atoms with Gasteiger partial charge in [-0.2, -0.15) is 0 Å². The van der Waals surface area contributed by atoms with Crippen LogP contribution in [0.15, 0.2) is 35.7 Å². The number of methoxy groups -OCH3 is 1. The summed E-state index contributed by atoms with van der Waals surface area (Å²) >= 11 is 1.82. The SMILES string of the molecule is CCNC(=O)O[C@H]1CC[C@@](CNC(=O)c2ccccc2OC)(C2C=CSC2)CC1. The van der Waals surface area contributed by atoms with Crippen molar-refractivity contribution in [2.45, 2.75) is 38.7 Å². The second-order valence-corrected chi connectivity index (χ2v) is 8.59. The molecule has 7 heteroatoms. The van der Waals surface area contributed by atoms with E-state index in [4.69, 9.17) is 9.47 Å². The van der Waals surface area contributed by atoms with E-state index in [-0.39, 0.29) is 23.5 Å². The zero-order chi connectivity index (χ0) is 20.7. The van der Waals surface area contributed by atoms with Crippen LogP contribution in [0.5, 0.6) is 5.75 Å². The molecule has 1 saturated carbocycles. The number of carbonyl (C=O) groups is 2. The van der Waals surface area contributed by atoms with Crippen molar-refractivity contribution < 1.29 is 19.1 Å². The summed E-state index contributed by atoms with van der Waals surface area (Å²) < 4.78 is 10.9. The van der Waals surface area contributed by atoms with E-state index >= 15 is 0 Å². The first-order chi connectivity index (χ1) is 14.1. The van der Waals surface area contributed by atoms with Crippen LogP contribution in [0.25, 0.3) is 0 Å². The molecule has 0 aromatic heterocycles. The first-order valence-electron chi connectivity index (χ1n) is 10.2. The van der Waals surface area contributed by atoms with Crippen LogP contribution in [-0.4, -0.2) is 44.1 Å². The molecule has 1 unspecified atom stereocenters. The van der Waals surface area contributed by atoms with Gasteiger partial charge in [0.05, 0.1) is 12.7 Å². The molecule has 2 amide bonds.